The van der Waals surface area contributed by atoms with Crippen LogP contribution in [-0.2, 0) is 4.79 Å². The van der Waals surface area contributed by atoms with E-state index < -0.39 is 0 Å². The Balaban J connectivity index is 1.45. The molecule has 0 saturated carbocycles. The number of likely N-dealkylation sites (tertiary alicyclic amines) is 1. The second-order valence-electron chi connectivity index (χ2n) is 6.92. The highest BCUT2D eigenvalue weighted by molar-refractivity contribution is 5.79. The Morgan fingerprint density at radius 2 is 1.88 bits per heavy atom. The van der Waals surface area contributed by atoms with Gasteiger partial charge in [0.2, 0.25) is 5.91 Å². The molecule has 9 nitrogen and oxygen atoms in total. The fraction of sp³-hybridized carbons (Fsp3) is 0.588. The predicted octanol–water partition coefficient (Wildman–Crippen LogP) is 0.257. The summed E-state index contributed by atoms with van der Waals surface area (Å²) in [5.41, 5.74) is 0. The Bertz CT molecular complexity index is 743. The van der Waals surface area contributed by atoms with Crippen molar-refractivity contribution in [2.24, 2.45) is 5.92 Å². The highest BCUT2D eigenvalue weighted by Crippen LogP contribution is 2.25. The van der Waals surface area contributed by atoms with Gasteiger partial charge in [-0.1, -0.05) is 0 Å². The third-order valence-corrected chi connectivity index (χ3v) is 5.16. The monoisotopic (exact) mass is 357 g/mol. The van der Waals surface area contributed by atoms with E-state index in [1.807, 2.05) is 11.0 Å². The lowest BCUT2D eigenvalue weighted by Gasteiger charge is -2.37. The van der Waals surface area contributed by atoms with E-state index >= 15 is 0 Å². The Kier molecular flexibility index (Phi) is 4.79. The normalized spacial score (nSPS) is 21.8. The quantitative estimate of drug-likeness (QED) is 0.841. The van der Waals surface area contributed by atoms with Crippen LogP contribution < -0.4 is 4.90 Å². The highest BCUT2D eigenvalue weighted by Gasteiger charge is 2.31. The van der Waals surface area contributed by atoms with Crippen LogP contribution in [0, 0.1) is 5.92 Å². The number of hydrogen-bond donors (Lipinski definition) is 1. The van der Waals surface area contributed by atoms with E-state index in [1.165, 1.54) is 12.7 Å². The summed E-state index contributed by atoms with van der Waals surface area (Å²) >= 11 is 0. The molecular weight excluding hydrogens is 334 g/mol. The predicted molar refractivity (Wildman–Crippen MR) is 93.7 cm³/mol. The molecule has 2 aliphatic heterocycles. The Hall–Kier alpha value is -2.55. The Morgan fingerprint density at radius 1 is 1.08 bits per heavy atom. The van der Waals surface area contributed by atoms with E-state index in [9.17, 15) is 9.90 Å². The first-order valence-electron chi connectivity index (χ1n) is 9.09. The molecular formula is C17H23N7O2. The van der Waals surface area contributed by atoms with Crippen molar-refractivity contribution in [3.8, 4) is 5.82 Å². The average molecular weight is 357 g/mol. The lowest BCUT2D eigenvalue weighted by Crippen LogP contribution is -2.48. The van der Waals surface area contributed by atoms with Crippen LogP contribution in [0.5, 0.6) is 0 Å². The van der Waals surface area contributed by atoms with Crippen LogP contribution >= 0.6 is 0 Å². The molecule has 0 radical (unpaired) electrons. The van der Waals surface area contributed by atoms with E-state index in [-0.39, 0.29) is 17.9 Å². The number of piperidine rings is 2. The van der Waals surface area contributed by atoms with Crippen LogP contribution in [0.25, 0.3) is 5.82 Å². The van der Waals surface area contributed by atoms with Crippen LogP contribution in [0.3, 0.4) is 0 Å². The van der Waals surface area contributed by atoms with E-state index in [1.54, 1.807) is 11.0 Å². The Morgan fingerprint density at radius 3 is 2.65 bits per heavy atom. The molecule has 138 valence electrons. The first-order chi connectivity index (χ1) is 12.7. The fourth-order valence-electron chi connectivity index (χ4n) is 3.69. The summed E-state index contributed by atoms with van der Waals surface area (Å²) < 4.78 is 1.59. The molecule has 0 aliphatic carbocycles. The van der Waals surface area contributed by atoms with Crippen molar-refractivity contribution < 1.29 is 9.90 Å². The SMILES string of the molecule is O=C(C1CCCN(c2cc(-n3cncn3)ncn2)C1)N1CCC(O)CC1. The fourth-order valence-corrected chi connectivity index (χ4v) is 3.69. The molecule has 26 heavy (non-hydrogen) atoms. The van der Waals surface area contributed by atoms with E-state index in [2.05, 4.69) is 25.0 Å². The molecule has 2 aromatic rings. The maximum Gasteiger partial charge on any atom is 0.227 e. The molecule has 0 aromatic carbocycles. The minimum Gasteiger partial charge on any atom is -0.393 e. The summed E-state index contributed by atoms with van der Waals surface area (Å²) in [4.78, 5) is 29.5. The van der Waals surface area contributed by atoms with Gasteiger partial charge in [-0.2, -0.15) is 5.10 Å². The van der Waals surface area contributed by atoms with Gasteiger partial charge in [-0.25, -0.2) is 19.6 Å². The van der Waals surface area contributed by atoms with Crippen molar-refractivity contribution in [3.63, 3.8) is 0 Å². The number of nitrogens with zero attached hydrogens (tertiary/aromatic N) is 7. The summed E-state index contributed by atoms with van der Waals surface area (Å²) in [6.07, 6.45) is 7.52. The molecule has 2 aliphatic rings. The number of amides is 1. The first-order valence-corrected chi connectivity index (χ1v) is 9.09. The first kappa shape index (κ1) is 16.9. The molecule has 2 aromatic heterocycles. The lowest BCUT2D eigenvalue weighted by molar-refractivity contribution is -0.137. The van der Waals surface area contributed by atoms with Crippen molar-refractivity contribution in [1.82, 2.24) is 29.6 Å². The smallest absolute Gasteiger partial charge is 0.227 e. The molecule has 9 heteroatoms. The maximum atomic E-state index is 12.9. The topological polar surface area (TPSA) is 100 Å². The number of rotatable bonds is 3. The van der Waals surface area contributed by atoms with Crippen LogP contribution in [0.1, 0.15) is 25.7 Å². The van der Waals surface area contributed by atoms with Gasteiger partial charge in [-0.15, -0.1) is 0 Å². The number of aromatic nitrogens is 5. The van der Waals surface area contributed by atoms with Crippen molar-refractivity contribution in [3.05, 3.63) is 25.0 Å². The standard InChI is InChI=1S/C17H23N7O2/c25-14-3-6-22(7-4-14)17(26)13-2-1-5-23(9-13)15-8-16(20-11-19-15)24-12-18-10-21-24/h8,10-14,25H,1-7,9H2. The number of carbonyl (C=O) groups is 1. The van der Waals surface area contributed by atoms with Crippen LogP contribution in [0.2, 0.25) is 0 Å². The number of hydrogen-bond acceptors (Lipinski definition) is 7. The summed E-state index contributed by atoms with van der Waals surface area (Å²) in [6.45, 7) is 2.84. The average Bonchev–Trinajstić information content (AvgIpc) is 3.23. The molecule has 4 rings (SSSR count). The minimum absolute atomic E-state index is 0.0243. The summed E-state index contributed by atoms with van der Waals surface area (Å²) in [6, 6.07) is 1.87. The third-order valence-electron chi connectivity index (χ3n) is 5.16. The molecule has 1 N–H and O–H groups in total. The van der Waals surface area contributed by atoms with E-state index in [0.717, 1.165) is 25.2 Å². The zero-order chi connectivity index (χ0) is 17.9. The van der Waals surface area contributed by atoms with Crippen LogP contribution in [0.4, 0.5) is 5.82 Å². The van der Waals surface area contributed by atoms with Gasteiger partial charge in [-0.05, 0) is 25.7 Å². The summed E-state index contributed by atoms with van der Waals surface area (Å²) in [5, 5.41) is 13.7. The third kappa shape index (κ3) is 3.52. The Labute approximate surface area is 151 Å². The number of carbonyl (C=O) groups excluding carboxylic acids is 1. The molecule has 1 atom stereocenters. The van der Waals surface area contributed by atoms with Gasteiger partial charge in [-0.3, -0.25) is 4.79 Å². The second-order valence-corrected chi connectivity index (χ2v) is 6.92. The molecule has 1 amide bonds. The van der Waals surface area contributed by atoms with Crippen molar-refractivity contribution in [1.29, 1.82) is 0 Å². The number of aliphatic hydroxyl groups excluding tert-OH is 1. The zero-order valence-corrected chi connectivity index (χ0v) is 14.6. The number of aliphatic hydroxyl groups is 1. The number of anilines is 1. The van der Waals surface area contributed by atoms with Crippen molar-refractivity contribution >= 4 is 11.7 Å². The van der Waals surface area contributed by atoms with Crippen LogP contribution in [0.15, 0.2) is 25.0 Å². The van der Waals surface area contributed by atoms with Gasteiger partial charge in [0.05, 0.1) is 12.0 Å². The van der Waals surface area contributed by atoms with Crippen LogP contribution in [-0.4, -0.2) is 72.9 Å². The van der Waals surface area contributed by atoms with Crippen molar-refractivity contribution in [2.75, 3.05) is 31.1 Å². The highest BCUT2D eigenvalue weighted by atomic mass is 16.3. The second kappa shape index (κ2) is 7.36. The molecule has 0 spiro atoms. The molecule has 2 fully saturated rings. The summed E-state index contributed by atoms with van der Waals surface area (Å²) in [7, 11) is 0. The van der Waals surface area contributed by atoms with E-state index in [4.69, 9.17) is 0 Å². The van der Waals surface area contributed by atoms with Gasteiger partial charge in [0.25, 0.3) is 0 Å². The molecule has 2 saturated heterocycles. The molecule has 0 bridgehead atoms. The van der Waals surface area contributed by atoms with Gasteiger partial charge in [0, 0.05) is 32.2 Å². The van der Waals surface area contributed by atoms with Gasteiger partial charge in [0.15, 0.2) is 5.82 Å². The lowest BCUT2D eigenvalue weighted by atomic mass is 9.95. The maximum absolute atomic E-state index is 12.9. The van der Waals surface area contributed by atoms with Crippen molar-refractivity contribution in [2.45, 2.75) is 31.8 Å². The minimum atomic E-state index is -0.266. The zero-order valence-electron chi connectivity index (χ0n) is 14.6. The summed E-state index contributed by atoms with van der Waals surface area (Å²) in [5.74, 6) is 1.64. The van der Waals surface area contributed by atoms with E-state index in [0.29, 0.717) is 38.3 Å². The molecule has 4 heterocycles. The molecule has 1 unspecified atom stereocenters. The van der Waals surface area contributed by atoms with Gasteiger partial charge >= 0.3 is 0 Å². The largest absolute Gasteiger partial charge is 0.393 e. The van der Waals surface area contributed by atoms with Gasteiger partial charge in [0.1, 0.15) is 24.8 Å². The van der Waals surface area contributed by atoms with Gasteiger partial charge < -0.3 is 14.9 Å².